The van der Waals surface area contributed by atoms with Gasteiger partial charge in [-0.3, -0.25) is 4.79 Å². The Hall–Kier alpha value is -2.61. The van der Waals surface area contributed by atoms with Gasteiger partial charge in [-0.05, 0) is 18.9 Å². The molecule has 1 amide bonds. The fourth-order valence-electron chi connectivity index (χ4n) is 3.60. The van der Waals surface area contributed by atoms with E-state index in [9.17, 15) is 4.79 Å². The standard InChI is InChI=1S/C19H24N4O4/c1-25-16-10-13-12-20-19(21-14(13)11-17(16)26-2)23-7-5-22(6-8-23)18(24)15-4-3-9-27-15/h10-12,15H,3-9H2,1-2H3. The van der Waals surface area contributed by atoms with Crippen molar-refractivity contribution in [2.24, 2.45) is 0 Å². The number of carbonyl (C=O) groups excluding carboxylic acids is 1. The van der Waals surface area contributed by atoms with Crippen LogP contribution in [0.4, 0.5) is 5.95 Å². The number of benzene rings is 1. The van der Waals surface area contributed by atoms with Gasteiger partial charge in [0.15, 0.2) is 11.5 Å². The lowest BCUT2D eigenvalue weighted by molar-refractivity contribution is -0.141. The van der Waals surface area contributed by atoms with E-state index in [-0.39, 0.29) is 12.0 Å². The van der Waals surface area contributed by atoms with Crippen molar-refractivity contribution < 1.29 is 19.0 Å². The van der Waals surface area contributed by atoms with Gasteiger partial charge < -0.3 is 24.0 Å². The molecule has 0 spiro atoms. The second-order valence-electron chi connectivity index (χ2n) is 6.75. The molecule has 8 heteroatoms. The van der Waals surface area contributed by atoms with Gasteiger partial charge in [-0.2, -0.15) is 0 Å². The molecule has 144 valence electrons. The SMILES string of the molecule is COc1cc2cnc(N3CCN(C(=O)C4CCCO4)CC3)nc2cc1OC. The van der Waals surface area contributed by atoms with Crippen molar-refractivity contribution in [3.8, 4) is 11.5 Å². The summed E-state index contributed by atoms with van der Waals surface area (Å²) in [7, 11) is 3.21. The van der Waals surface area contributed by atoms with Crippen LogP contribution in [-0.4, -0.2) is 73.9 Å². The summed E-state index contributed by atoms with van der Waals surface area (Å²) in [5.74, 6) is 2.08. The predicted octanol–water partition coefficient (Wildman–Crippen LogP) is 1.47. The number of amides is 1. The molecule has 27 heavy (non-hydrogen) atoms. The summed E-state index contributed by atoms with van der Waals surface area (Å²) in [4.78, 5) is 25.7. The fourth-order valence-corrected chi connectivity index (χ4v) is 3.60. The molecule has 0 saturated carbocycles. The van der Waals surface area contributed by atoms with Crippen LogP contribution in [0.25, 0.3) is 10.9 Å². The summed E-state index contributed by atoms with van der Waals surface area (Å²) in [6, 6.07) is 3.73. The Morgan fingerprint density at radius 3 is 2.56 bits per heavy atom. The highest BCUT2D eigenvalue weighted by molar-refractivity contribution is 5.83. The van der Waals surface area contributed by atoms with Crippen molar-refractivity contribution in [2.45, 2.75) is 18.9 Å². The minimum atomic E-state index is -0.254. The van der Waals surface area contributed by atoms with Gasteiger partial charge in [-0.25, -0.2) is 9.97 Å². The zero-order chi connectivity index (χ0) is 18.8. The summed E-state index contributed by atoms with van der Waals surface area (Å²) in [6.07, 6.45) is 3.34. The second-order valence-corrected chi connectivity index (χ2v) is 6.75. The van der Waals surface area contributed by atoms with Crippen LogP contribution < -0.4 is 14.4 Å². The lowest BCUT2D eigenvalue weighted by Gasteiger charge is -2.35. The fraction of sp³-hybridized carbons (Fsp3) is 0.526. The van der Waals surface area contributed by atoms with E-state index in [0.717, 1.165) is 23.7 Å². The molecule has 0 aliphatic carbocycles. The van der Waals surface area contributed by atoms with Gasteiger partial charge in [-0.15, -0.1) is 0 Å². The number of fused-ring (bicyclic) bond motifs is 1. The van der Waals surface area contributed by atoms with Crippen molar-refractivity contribution >= 4 is 22.8 Å². The first kappa shape index (κ1) is 17.8. The Labute approximate surface area is 158 Å². The highest BCUT2D eigenvalue weighted by atomic mass is 16.5. The summed E-state index contributed by atoms with van der Waals surface area (Å²) in [6.45, 7) is 3.42. The quantitative estimate of drug-likeness (QED) is 0.804. The zero-order valence-electron chi connectivity index (χ0n) is 15.7. The van der Waals surface area contributed by atoms with Gasteiger partial charge in [0.25, 0.3) is 5.91 Å². The Bertz CT molecular complexity index is 830. The van der Waals surface area contributed by atoms with Gasteiger partial charge in [0.1, 0.15) is 6.10 Å². The van der Waals surface area contributed by atoms with Crippen LogP contribution in [0.2, 0.25) is 0 Å². The third kappa shape index (κ3) is 3.49. The van der Waals surface area contributed by atoms with Crippen LogP contribution in [0.15, 0.2) is 18.3 Å². The molecule has 2 aromatic rings. The normalized spacial score (nSPS) is 20.1. The topological polar surface area (TPSA) is 77.0 Å². The molecule has 3 heterocycles. The third-order valence-electron chi connectivity index (χ3n) is 5.15. The van der Waals surface area contributed by atoms with Crippen molar-refractivity contribution in [2.75, 3.05) is 51.9 Å². The molecular formula is C19H24N4O4. The van der Waals surface area contributed by atoms with E-state index in [2.05, 4.69) is 14.9 Å². The van der Waals surface area contributed by atoms with Gasteiger partial charge in [-0.1, -0.05) is 0 Å². The summed E-state index contributed by atoms with van der Waals surface area (Å²) < 4.78 is 16.2. The lowest BCUT2D eigenvalue weighted by atomic mass is 10.2. The zero-order valence-corrected chi connectivity index (χ0v) is 15.7. The molecule has 0 bridgehead atoms. The van der Waals surface area contributed by atoms with Crippen LogP contribution in [0.1, 0.15) is 12.8 Å². The van der Waals surface area contributed by atoms with Crippen LogP contribution in [-0.2, 0) is 9.53 Å². The van der Waals surface area contributed by atoms with E-state index in [4.69, 9.17) is 14.2 Å². The molecule has 2 saturated heterocycles. The number of ether oxygens (including phenoxy) is 3. The average Bonchev–Trinajstić information content (AvgIpc) is 3.26. The summed E-state index contributed by atoms with van der Waals surface area (Å²) >= 11 is 0. The van der Waals surface area contributed by atoms with Gasteiger partial charge in [0.05, 0.1) is 19.7 Å². The monoisotopic (exact) mass is 372 g/mol. The highest BCUT2D eigenvalue weighted by Crippen LogP contribution is 2.31. The minimum absolute atomic E-state index is 0.114. The van der Waals surface area contributed by atoms with Gasteiger partial charge >= 0.3 is 0 Å². The number of anilines is 1. The molecule has 1 aromatic carbocycles. The maximum absolute atomic E-state index is 12.5. The summed E-state index contributed by atoms with van der Waals surface area (Å²) in [5.41, 5.74) is 0.801. The van der Waals surface area contributed by atoms with E-state index >= 15 is 0 Å². The van der Waals surface area contributed by atoms with Gasteiger partial charge in [0.2, 0.25) is 5.95 Å². The van der Waals surface area contributed by atoms with E-state index in [1.165, 1.54) is 0 Å². The molecule has 8 nitrogen and oxygen atoms in total. The third-order valence-corrected chi connectivity index (χ3v) is 5.15. The van der Waals surface area contributed by atoms with E-state index in [0.29, 0.717) is 50.2 Å². The minimum Gasteiger partial charge on any atom is -0.493 e. The van der Waals surface area contributed by atoms with E-state index < -0.39 is 0 Å². The molecule has 4 rings (SSSR count). The number of hydrogen-bond donors (Lipinski definition) is 0. The molecule has 1 aromatic heterocycles. The molecule has 1 atom stereocenters. The first-order valence-corrected chi connectivity index (χ1v) is 9.23. The molecule has 1 unspecified atom stereocenters. The Morgan fingerprint density at radius 2 is 1.89 bits per heavy atom. The predicted molar refractivity (Wildman–Crippen MR) is 100 cm³/mol. The van der Waals surface area contributed by atoms with Crippen LogP contribution in [0.3, 0.4) is 0 Å². The Morgan fingerprint density at radius 1 is 1.15 bits per heavy atom. The molecule has 0 N–H and O–H groups in total. The first-order chi connectivity index (χ1) is 13.2. The average molecular weight is 372 g/mol. The number of methoxy groups -OCH3 is 2. The first-order valence-electron chi connectivity index (χ1n) is 9.23. The summed E-state index contributed by atoms with van der Waals surface area (Å²) in [5, 5.41) is 0.892. The lowest BCUT2D eigenvalue weighted by Crippen LogP contribution is -2.51. The number of hydrogen-bond acceptors (Lipinski definition) is 7. The second kappa shape index (κ2) is 7.56. The highest BCUT2D eigenvalue weighted by Gasteiger charge is 2.30. The maximum atomic E-state index is 12.5. The van der Waals surface area contributed by atoms with Crippen LogP contribution in [0.5, 0.6) is 11.5 Å². The smallest absolute Gasteiger partial charge is 0.251 e. The Kier molecular flexibility index (Phi) is 4.98. The van der Waals surface area contributed by atoms with Crippen molar-refractivity contribution in [3.05, 3.63) is 18.3 Å². The number of piperazine rings is 1. The van der Waals surface area contributed by atoms with Crippen molar-refractivity contribution in [1.82, 2.24) is 14.9 Å². The van der Waals surface area contributed by atoms with Crippen molar-refractivity contribution in [3.63, 3.8) is 0 Å². The number of carbonyl (C=O) groups is 1. The van der Waals surface area contributed by atoms with Crippen LogP contribution >= 0.6 is 0 Å². The molecule has 2 aliphatic heterocycles. The number of nitrogens with zero attached hydrogens (tertiary/aromatic N) is 4. The Balaban J connectivity index is 1.47. The number of rotatable bonds is 4. The van der Waals surface area contributed by atoms with Crippen LogP contribution in [0, 0.1) is 0 Å². The van der Waals surface area contributed by atoms with Gasteiger partial charge in [0, 0.05) is 50.4 Å². The molecule has 2 aliphatic rings. The maximum Gasteiger partial charge on any atom is 0.251 e. The largest absolute Gasteiger partial charge is 0.493 e. The van der Waals surface area contributed by atoms with E-state index in [1.807, 2.05) is 17.0 Å². The molecule has 0 radical (unpaired) electrons. The molecular weight excluding hydrogens is 348 g/mol. The van der Waals surface area contributed by atoms with Crippen molar-refractivity contribution in [1.29, 1.82) is 0 Å². The molecule has 2 fully saturated rings. The van der Waals surface area contributed by atoms with E-state index in [1.54, 1.807) is 20.4 Å². The number of aromatic nitrogens is 2.